The van der Waals surface area contributed by atoms with Crippen LogP contribution in [0.15, 0.2) is 18.0 Å². The highest BCUT2D eigenvalue weighted by Crippen LogP contribution is 2.55. The maximum Gasteiger partial charge on any atom is 0.373 e. The molecule has 2 aliphatic carbocycles. The van der Waals surface area contributed by atoms with Crippen molar-refractivity contribution in [2.24, 2.45) is 5.41 Å². The van der Waals surface area contributed by atoms with E-state index >= 15 is 4.39 Å². The summed E-state index contributed by atoms with van der Waals surface area (Å²) in [6.07, 6.45) is 4.92. The summed E-state index contributed by atoms with van der Waals surface area (Å²) in [7, 11) is 1.92. The zero-order valence-corrected chi connectivity index (χ0v) is 15.0. The van der Waals surface area contributed by atoms with Gasteiger partial charge in [0.25, 0.3) is 0 Å². The van der Waals surface area contributed by atoms with Crippen molar-refractivity contribution in [1.82, 2.24) is 5.32 Å². The number of carboxylic acids is 1. The molecule has 2 atom stereocenters. The molecule has 2 N–H and O–H groups in total. The number of nitrogens with one attached hydrogen (secondary N) is 1. The van der Waals surface area contributed by atoms with E-state index in [0.717, 1.165) is 31.7 Å². The third-order valence-electron chi connectivity index (χ3n) is 6.26. The first-order chi connectivity index (χ1) is 12.9. The molecular formula is C19H21F2N3O3. The molecule has 2 heterocycles. The van der Waals surface area contributed by atoms with Gasteiger partial charge < -0.3 is 25.0 Å². The van der Waals surface area contributed by atoms with Gasteiger partial charge in [-0.05, 0) is 32.7 Å². The molecular weight excluding hydrogens is 356 g/mol. The van der Waals surface area contributed by atoms with E-state index in [1.807, 2.05) is 7.05 Å². The molecule has 0 radical (unpaired) electrons. The van der Waals surface area contributed by atoms with Crippen LogP contribution in [0.3, 0.4) is 0 Å². The Kier molecular flexibility index (Phi) is 3.47. The lowest BCUT2D eigenvalue weighted by Gasteiger charge is -2.31. The molecule has 2 unspecified atom stereocenters. The first-order valence-corrected chi connectivity index (χ1v) is 9.29. The third-order valence-corrected chi connectivity index (χ3v) is 6.26. The number of carboxylic acid groups (broad SMARTS) is 1. The molecule has 0 amide bonds. The van der Waals surface area contributed by atoms with Crippen molar-refractivity contribution in [3.05, 3.63) is 29.7 Å². The Morgan fingerprint density at radius 2 is 2.15 bits per heavy atom. The summed E-state index contributed by atoms with van der Waals surface area (Å²) in [6.45, 7) is 1.22. The fourth-order valence-electron chi connectivity index (χ4n) is 4.55. The number of nitrogens with zero attached hydrogens (tertiary/aromatic N) is 2. The van der Waals surface area contributed by atoms with Gasteiger partial charge in [0.05, 0.1) is 6.20 Å². The van der Waals surface area contributed by atoms with Gasteiger partial charge in [0.1, 0.15) is 11.4 Å². The zero-order chi connectivity index (χ0) is 18.9. The van der Waals surface area contributed by atoms with Crippen molar-refractivity contribution in [3.8, 4) is 5.75 Å². The number of aliphatic carboxylic acids is 1. The number of anilines is 2. The average molecular weight is 377 g/mol. The Hall–Kier alpha value is -2.35. The minimum atomic E-state index is -1.26. The van der Waals surface area contributed by atoms with E-state index < -0.39 is 17.6 Å². The van der Waals surface area contributed by atoms with Gasteiger partial charge in [-0.3, -0.25) is 0 Å². The van der Waals surface area contributed by atoms with E-state index in [1.165, 1.54) is 6.20 Å². The van der Waals surface area contributed by atoms with Gasteiger partial charge in [-0.25, -0.2) is 13.6 Å². The number of fused-ring (bicyclic) bond motifs is 1. The lowest BCUT2D eigenvalue weighted by molar-refractivity contribution is -0.135. The summed E-state index contributed by atoms with van der Waals surface area (Å²) in [5.74, 6) is -3.04. The molecule has 4 aliphatic rings. The van der Waals surface area contributed by atoms with Crippen LogP contribution in [-0.2, 0) is 4.79 Å². The van der Waals surface area contributed by atoms with Gasteiger partial charge in [-0.15, -0.1) is 0 Å². The van der Waals surface area contributed by atoms with E-state index in [4.69, 9.17) is 4.74 Å². The summed E-state index contributed by atoms with van der Waals surface area (Å²) in [5, 5.41) is 12.5. The second-order valence-corrected chi connectivity index (χ2v) is 7.99. The highest BCUT2D eigenvalue weighted by atomic mass is 19.1. The van der Waals surface area contributed by atoms with Crippen LogP contribution < -0.4 is 19.9 Å². The van der Waals surface area contributed by atoms with Crippen molar-refractivity contribution < 1.29 is 23.4 Å². The predicted molar refractivity (Wildman–Crippen MR) is 94.9 cm³/mol. The quantitative estimate of drug-likeness (QED) is 0.840. The molecule has 1 saturated heterocycles. The molecule has 2 saturated carbocycles. The molecule has 2 aliphatic heterocycles. The number of ether oxygens (including phenoxy) is 1. The summed E-state index contributed by atoms with van der Waals surface area (Å²) >= 11 is 0. The van der Waals surface area contributed by atoms with E-state index in [1.54, 1.807) is 9.80 Å². The number of rotatable bonds is 4. The van der Waals surface area contributed by atoms with Gasteiger partial charge in [-0.1, -0.05) is 0 Å². The van der Waals surface area contributed by atoms with E-state index in [2.05, 4.69) is 5.32 Å². The second-order valence-electron chi connectivity index (χ2n) is 7.99. The third kappa shape index (κ3) is 2.50. The number of carbonyl (C=O) groups is 1. The van der Waals surface area contributed by atoms with E-state index in [9.17, 15) is 14.3 Å². The fourth-order valence-corrected chi connectivity index (χ4v) is 4.55. The molecule has 0 bridgehead atoms. The standard InChI is InChI=1S/C19H21F2N3O3/c1-22-14-7-19(14)4-5-23(9-19)16-11(20)6-12-17(15(16)21)24(10-2-3-10)8-13(27-12)18(25)26/h6,8,10,14,22H,2-5,7,9H2,1H3,(H,25,26). The Bertz CT molecular complexity index is 870. The first kappa shape index (κ1) is 16.8. The summed E-state index contributed by atoms with van der Waals surface area (Å²) in [6, 6.07) is 1.54. The van der Waals surface area contributed by atoms with Gasteiger partial charge in [-0.2, -0.15) is 0 Å². The minimum absolute atomic E-state index is 0.0248. The lowest BCUT2D eigenvalue weighted by atomic mass is 10.1. The predicted octanol–water partition coefficient (Wildman–Crippen LogP) is 2.44. The zero-order valence-electron chi connectivity index (χ0n) is 15.0. The van der Waals surface area contributed by atoms with Crippen molar-refractivity contribution in [2.75, 3.05) is 29.9 Å². The summed E-state index contributed by atoms with van der Waals surface area (Å²) < 4.78 is 35.6. The van der Waals surface area contributed by atoms with Crippen molar-refractivity contribution in [3.63, 3.8) is 0 Å². The number of hydrogen-bond acceptors (Lipinski definition) is 5. The molecule has 5 rings (SSSR count). The van der Waals surface area contributed by atoms with Gasteiger partial charge in [0.2, 0.25) is 5.76 Å². The number of halogens is 2. The highest BCUT2D eigenvalue weighted by molar-refractivity contribution is 5.88. The average Bonchev–Trinajstić information content (AvgIpc) is 3.52. The van der Waals surface area contributed by atoms with Crippen LogP contribution in [0.1, 0.15) is 25.7 Å². The maximum absolute atomic E-state index is 15.5. The lowest BCUT2D eigenvalue weighted by Crippen LogP contribution is -2.30. The number of benzene rings is 1. The first-order valence-electron chi connectivity index (χ1n) is 9.29. The van der Waals surface area contributed by atoms with Crippen LogP contribution >= 0.6 is 0 Å². The van der Waals surface area contributed by atoms with E-state index in [-0.39, 0.29) is 34.3 Å². The fraction of sp³-hybridized carbons (Fsp3) is 0.526. The van der Waals surface area contributed by atoms with Crippen LogP contribution in [-0.4, -0.2) is 43.3 Å². The van der Waals surface area contributed by atoms with Gasteiger partial charge in [0, 0.05) is 36.7 Å². The normalized spacial score (nSPS) is 28.9. The smallest absolute Gasteiger partial charge is 0.373 e. The van der Waals surface area contributed by atoms with E-state index in [0.29, 0.717) is 19.1 Å². The monoisotopic (exact) mass is 377 g/mol. The maximum atomic E-state index is 15.5. The molecule has 1 spiro atoms. The summed E-state index contributed by atoms with van der Waals surface area (Å²) in [4.78, 5) is 14.7. The topological polar surface area (TPSA) is 65.0 Å². The van der Waals surface area contributed by atoms with Gasteiger partial charge in [0.15, 0.2) is 17.4 Å². The highest BCUT2D eigenvalue weighted by Gasteiger charge is 2.57. The molecule has 1 aromatic rings. The molecule has 144 valence electrons. The molecule has 1 aromatic carbocycles. The Labute approximate surface area is 155 Å². The molecule has 6 nitrogen and oxygen atoms in total. The van der Waals surface area contributed by atoms with Crippen LogP contribution in [0.4, 0.5) is 20.2 Å². The molecule has 27 heavy (non-hydrogen) atoms. The molecule has 0 aromatic heterocycles. The van der Waals surface area contributed by atoms with Crippen LogP contribution in [0, 0.1) is 17.0 Å². The minimum Gasteiger partial charge on any atom is -0.475 e. The van der Waals surface area contributed by atoms with Crippen molar-refractivity contribution in [1.29, 1.82) is 0 Å². The van der Waals surface area contributed by atoms with Crippen molar-refractivity contribution in [2.45, 2.75) is 37.8 Å². The second kappa shape index (κ2) is 5.58. The van der Waals surface area contributed by atoms with Crippen LogP contribution in [0.5, 0.6) is 5.75 Å². The van der Waals surface area contributed by atoms with Crippen LogP contribution in [0.25, 0.3) is 0 Å². The SMILES string of the molecule is CNC1CC12CCN(c1c(F)cc3c(c1F)N(C1CC1)C=C(C(=O)O)O3)C2. The Morgan fingerprint density at radius 1 is 1.37 bits per heavy atom. The summed E-state index contributed by atoms with van der Waals surface area (Å²) in [5.41, 5.74) is 0.210. The largest absolute Gasteiger partial charge is 0.475 e. The molecule has 8 heteroatoms. The van der Waals surface area contributed by atoms with Gasteiger partial charge >= 0.3 is 5.97 Å². The Balaban J connectivity index is 1.54. The van der Waals surface area contributed by atoms with Crippen molar-refractivity contribution >= 4 is 17.3 Å². The Morgan fingerprint density at radius 3 is 2.78 bits per heavy atom. The van der Waals surface area contributed by atoms with Crippen LogP contribution in [0.2, 0.25) is 0 Å². The number of hydrogen-bond donors (Lipinski definition) is 2. The molecule has 3 fully saturated rings.